The van der Waals surface area contributed by atoms with Gasteiger partial charge in [0.15, 0.2) is 0 Å². The van der Waals surface area contributed by atoms with Gasteiger partial charge in [-0.3, -0.25) is 9.55 Å². The number of aromatic nitrogens is 3. The Balaban J connectivity index is 1.59. The molecule has 0 fully saturated rings. The Morgan fingerprint density at radius 2 is 1.53 bits per heavy atom. The number of hydrogen-bond acceptors (Lipinski definition) is 3. The highest BCUT2D eigenvalue weighted by atomic mass is 32.1. The number of thiophene rings is 1. The maximum Gasteiger partial charge on any atom is 0.138 e. The average Bonchev–Trinajstić information content (AvgIpc) is 3.40. The lowest BCUT2D eigenvalue weighted by molar-refractivity contribution is 1.08. The molecule has 150 valence electrons. The van der Waals surface area contributed by atoms with Gasteiger partial charge in [0.05, 0.1) is 22.2 Å². The van der Waals surface area contributed by atoms with E-state index in [2.05, 4.69) is 77.4 Å². The van der Waals surface area contributed by atoms with Crippen molar-refractivity contribution in [3.05, 3.63) is 103 Å². The van der Waals surface area contributed by atoms with Gasteiger partial charge in [0.25, 0.3) is 0 Å². The van der Waals surface area contributed by atoms with Gasteiger partial charge in [-0.1, -0.05) is 60.7 Å². The molecule has 0 N–H and O–H groups in total. The van der Waals surface area contributed by atoms with Gasteiger partial charge >= 0.3 is 0 Å². The molecule has 0 aliphatic rings. The lowest BCUT2D eigenvalue weighted by atomic mass is 10.1. The molecule has 0 aliphatic heterocycles. The number of hydrogen-bond donors (Lipinski definition) is 0. The van der Waals surface area contributed by atoms with Crippen LogP contribution >= 0.6 is 11.3 Å². The van der Waals surface area contributed by atoms with Crippen LogP contribution in [0.1, 0.15) is 0 Å². The van der Waals surface area contributed by atoms with Crippen LogP contribution < -0.4 is 0 Å². The molecule has 4 aromatic heterocycles. The predicted molar refractivity (Wildman–Crippen MR) is 135 cm³/mol. The zero-order chi connectivity index (χ0) is 21.1. The smallest absolute Gasteiger partial charge is 0.138 e. The quantitative estimate of drug-likeness (QED) is 0.284. The van der Waals surface area contributed by atoms with Crippen molar-refractivity contribution >= 4 is 53.4 Å². The number of nitrogens with zero attached hydrogens (tertiary/aromatic N) is 3. The summed E-state index contributed by atoms with van der Waals surface area (Å²) in [7, 11) is 0. The minimum atomic E-state index is 0.903. The van der Waals surface area contributed by atoms with E-state index in [0.717, 1.165) is 33.6 Å². The van der Waals surface area contributed by atoms with Crippen molar-refractivity contribution in [1.82, 2.24) is 14.5 Å². The molecule has 4 heterocycles. The lowest BCUT2D eigenvalue weighted by Gasteiger charge is -2.09. The van der Waals surface area contributed by atoms with E-state index in [4.69, 9.17) is 9.97 Å². The zero-order valence-corrected chi connectivity index (χ0v) is 17.9. The van der Waals surface area contributed by atoms with E-state index in [1.54, 1.807) is 0 Å². The summed E-state index contributed by atoms with van der Waals surface area (Å²) in [6, 6.07) is 33.8. The standard InChI is InChI=1S/C28H17N3S/c1-2-8-18(9-3-1)21-11-6-14-25(30-21)31-22-16-15-20-19-10-4-5-13-24(19)32-28(20)26(22)27-23(31)12-7-17-29-27/h1-17H. The van der Waals surface area contributed by atoms with Crippen LogP contribution in [0.2, 0.25) is 0 Å². The van der Waals surface area contributed by atoms with E-state index in [-0.39, 0.29) is 0 Å². The Morgan fingerprint density at radius 1 is 0.656 bits per heavy atom. The molecule has 0 radical (unpaired) electrons. The van der Waals surface area contributed by atoms with E-state index in [1.807, 2.05) is 41.8 Å². The Bertz CT molecular complexity index is 1780. The Labute approximate surface area is 188 Å². The molecule has 4 heteroatoms. The van der Waals surface area contributed by atoms with Crippen molar-refractivity contribution in [3.63, 3.8) is 0 Å². The molecular weight excluding hydrogens is 410 g/mol. The molecular formula is C28H17N3S. The van der Waals surface area contributed by atoms with Gasteiger partial charge < -0.3 is 0 Å². The second-order valence-electron chi connectivity index (χ2n) is 7.89. The second kappa shape index (κ2) is 6.74. The summed E-state index contributed by atoms with van der Waals surface area (Å²) in [4.78, 5) is 9.86. The van der Waals surface area contributed by atoms with Crippen LogP contribution in [0, 0.1) is 0 Å². The van der Waals surface area contributed by atoms with Gasteiger partial charge in [-0.15, -0.1) is 11.3 Å². The molecule has 0 spiro atoms. The summed E-state index contributed by atoms with van der Waals surface area (Å²) in [5, 5.41) is 3.79. The van der Waals surface area contributed by atoms with Crippen LogP contribution in [0.4, 0.5) is 0 Å². The van der Waals surface area contributed by atoms with E-state index in [9.17, 15) is 0 Å². The first-order valence-electron chi connectivity index (χ1n) is 10.6. The third kappa shape index (κ3) is 2.47. The SMILES string of the molecule is c1ccc(-c2cccc(-n3c4cccnc4c4c5sc6ccccc6c5ccc43)n2)cc1. The van der Waals surface area contributed by atoms with Crippen molar-refractivity contribution in [1.29, 1.82) is 0 Å². The van der Waals surface area contributed by atoms with Gasteiger partial charge in [0, 0.05) is 37.3 Å². The fourth-order valence-electron chi connectivity index (χ4n) is 4.66. The van der Waals surface area contributed by atoms with Gasteiger partial charge in [-0.05, 0) is 36.4 Å². The van der Waals surface area contributed by atoms with Crippen molar-refractivity contribution in [3.8, 4) is 17.1 Å². The molecule has 3 aromatic carbocycles. The highest BCUT2D eigenvalue weighted by molar-refractivity contribution is 7.26. The van der Waals surface area contributed by atoms with Crippen molar-refractivity contribution in [2.75, 3.05) is 0 Å². The summed E-state index contributed by atoms with van der Waals surface area (Å²) >= 11 is 1.84. The van der Waals surface area contributed by atoms with E-state index >= 15 is 0 Å². The first-order chi connectivity index (χ1) is 15.9. The summed E-state index contributed by atoms with van der Waals surface area (Å²) in [6.07, 6.45) is 1.88. The molecule has 0 unspecified atom stereocenters. The van der Waals surface area contributed by atoms with Crippen LogP contribution in [0.15, 0.2) is 103 Å². The largest absolute Gasteiger partial charge is 0.292 e. The minimum absolute atomic E-state index is 0.903. The highest BCUT2D eigenvalue weighted by Gasteiger charge is 2.18. The van der Waals surface area contributed by atoms with Crippen molar-refractivity contribution in [2.24, 2.45) is 0 Å². The van der Waals surface area contributed by atoms with Gasteiger partial charge in [-0.25, -0.2) is 4.98 Å². The molecule has 0 saturated carbocycles. The van der Waals surface area contributed by atoms with Gasteiger partial charge in [0.1, 0.15) is 5.82 Å². The maximum absolute atomic E-state index is 5.05. The van der Waals surface area contributed by atoms with E-state index in [1.165, 1.54) is 25.6 Å². The summed E-state index contributed by atoms with van der Waals surface area (Å²) in [5.41, 5.74) is 5.30. The van der Waals surface area contributed by atoms with Crippen LogP contribution in [0.25, 0.3) is 59.2 Å². The maximum atomic E-state index is 5.05. The van der Waals surface area contributed by atoms with Gasteiger partial charge in [-0.2, -0.15) is 0 Å². The molecule has 0 atom stereocenters. The molecule has 0 aliphatic carbocycles. The molecule has 0 saturated heterocycles. The van der Waals surface area contributed by atoms with Crippen LogP contribution in [-0.4, -0.2) is 14.5 Å². The van der Waals surface area contributed by atoms with E-state index < -0.39 is 0 Å². The molecule has 0 amide bonds. The summed E-state index contributed by atoms with van der Waals surface area (Å²) in [6.45, 7) is 0. The Hall–Kier alpha value is -4.02. The third-order valence-electron chi connectivity index (χ3n) is 6.06. The Morgan fingerprint density at radius 3 is 2.47 bits per heavy atom. The zero-order valence-electron chi connectivity index (χ0n) is 17.1. The number of rotatable bonds is 2. The van der Waals surface area contributed by atoms with E-state index in [0.29, 0.717) is 0 Å². The monoisotopic (exact) mass is 427 g/mol. The molecule has 3 nitrogen and oxygen atoms in total. The van der Waals surface area contributed by atoms with Crippen molar-refractivity contribution < 1.29 is 0 Å². The van der Waals surface area contributed by atoms with Crippen LogP contribution in [-0.2, 0) is 0 Å². The number of fused-ring (bicyclic) bond motifs is 7. The normalized spacial score (nSPS) is 11.8. The summed E-state index contributed by atoms with van der Waals surface area (Å²) in [5.74, 6) is 0.903. The lowest BCUT2D eigenvalue weighted by Crippen LogP contribution is -1.98. The summed E-state index contributed by atoms with van der Waals surface area (Å²) < 4.78 is 4.83. The highest BCUT2D eigenvalue weighted by Crippen LogP contribution is 2.42. The topological polar surface area (TPSA) is 30.7 Å². The van der Waals surface area contributed by atoms with Crippen LogP contribution in [0.5, 0.6) is 0 Å². The first kappa shape index (κ1) is 17.6. The molecule has 32 heavy (non-hydrogen) atoms. The predicted octanol–water partition coefficient (Wildman–Crippen LogP) is 7.61. The van der Waals surface area contributed by atoms with Crippen molar-refractivity contribution in [2.45, 2.75) is 0 Å². The molecule has 7 aromatic rings. The Kier molecular flexibility index (Phi) is 3.72. The second-order valence-corrected chi connectivity index (χ2v) is 8.94. The van der Waals surface area contributed by atoms with Crippen LogP contribution in [0.3, 0.4) is 0 Å². The average molecular weight is 428 g/mol. The third-order valence-corrected chi connectivity index (χ3v) is 7.27. The first-order valence-corrected chi connectivity index (χ1v) is 11.4. The molecule has 0 bridgehead atoms. The van der Waals surface area contributed by atoms with Gasteiger partial charge in [0.2, 0.25) is 0 Å². The molecule has 7 rings (SSSR count). The fraction of sp³-hybridized carbons (Fsp3) is 0. The minimum Gasteiger partial charge on any atom is -0.292 e. The fourth-order valence-corrected chi connectivity index (χ4v) is 5.90. The number of benzene rings is 3. The number of pyridine rings is 2.